The standard InChI is InChI=1S/C25H25ClN4O3S/c1-14-5-4-6-22-28-19-11-16(7-10-20(19)30(14)22)13-33-25(31)29-23-15(2)27-24(34-23)18-9-8-17(26)12-21(18)32-3/h7-12,14H,4-6,13H2,1-3H3,(H,29,31). The van der Waals surface area contributed by atoms with Crippen LogP contribution in [0.25, 0.3) is 21.6 Å². The van der Waals surface area contributed by atoms with Gasteiger partial charge in [0.2, 0.25) is 0 Å². The number of hydrogen-bond donors (Lipinski definition) is 1. The molecule has 1 unspecified atom stereocenters. The number of hydrogen-bond acceptors (Lipinski definition) is 6. The largest absolute Gasteiger partial charge is 0.496 e. The maximum absolute atomic E-state index is 12.5. The summed E-state index contributed by atoms with van der Waals surface area (Å²) < 4.78 is 13.2. The highest BCUT2D eigenvalue weighted by atomic mass is 35.5. The van der Waals surface area contributed by atoms with Crippen LogP contribution in [-0.2, 0) is 17.8 Å². The van der Waals surface area contributed by atoms with Gasteiger partial charge in [0.15, 0.2) is 0 Å². The number of imidazole rings is 1. The van der Waals surface area contributed by atoms with Crippen molar-refractivity contribution < 1.29 is 14.3 Å². The first kappa shape index (κ1) is 22.7. The fourth-order valence-corrected chi connectivity index (χ4v) is 5.53. The van der Waals surface area contributed by atoms with E-state index in [-0.39, 0.29) is 6.61 Å². The van der Waals surface area contributed by atoms with E-state index in [2.05, 4.69) is 27.9 Å². The highest BCUT2D eigenvalue weighted by molar-refractivity contribution is 7.19. The van der Waals surface area contributed by atoms with Crippen LogP contribution in [0.2, 0.25) is 5.02 Å². The van der Waals surface area contributed by atoms with E-state index in [1.807, 2.05) is 25.1 Å². The van der Waals surface area contributed by atoms with Crippen molar-refractivity contribution in [3.8, 4) is 16.3 Å². The second kappa shape index (κ2) is 9.27. The van der Waals surface area contributed by atoms with Crippen molar-refractivity contribution in [2.24, 2.45) is 0 Å². The Morgan fingerprint density at radius 2 is 2.12 bits per heavy atom. The maximum Gasteiger partial charge on any atom is 0.412 e. The lowest BCUT2D eigenvalue weighted by atomic mass is 10.1. The summed E-state index contributed by atoms with van der Waals surface area (Å²) in [4.78, 5) is 21.9. The van der Waals surface area contributed by atoms with Gasteiger partial charge in [-0.05, 0) is 62.6 Å². The summed E-state index contributed by atoms with van der Waals surface area (Å²) in [7, 11) is 1.59. The summed E-state index contributed by atoms with van der Waals surface area (Å²) in [5.41, 5.74) is 4.50. The Morgan fingerprint density at radius 1 is 1.26 bits per heavy atom. The molecule has 0 saturated carbocycles. The number of anilines is 1. The molecule has 0 spiro atoms. The van der Waals surface area contributed by atoms with Gasteiger partial charge in [-0.3, -0.25) is 5.32 Å². The number of fused-ring (bicyclic) bond motifs is 3. The second-order valence-electron chi connectivity index (χ2n) is 8.44. The summed E-state index contributed by atoms with van der Waals surface area (Å²) in [6.07, 6.45) is 2.82. The zero-order chi connectivity index (χ0) is 23.8. The van der Waals surface area contributed by atoms with E-state index in [9.17, 15) is 4.79 Å². The Balaban J connectivity index is 1.27. The predicted molar refractivity (Wildman–Crippen MR) is 135 cm³/mol. The monoisotopic (exact) mass is 496 g/mol. The molecule has 9 heteroatoms. The van der Waals surface area contributed by atoms with Crippen LogP contribution in [0, 0.1) is 6.92 Å². The summed E-state index contributed by atoms with van der Waals surface area (Å²) in [5, 5.41) is 4.75. The van der Waals surface area contributed by atoms with Gasteiger partial charge in [0, 0.05) is 17.5 Å². The van der Waals surface area contributed by atoms with Gasteiger partial charge in [-0.25, -0.2) is 14.8 Å². The van der Waals surface area contributed by atoms with Crippen LogP contribution in [-0.4, -0.2) is 27.7 Å². The normalized spacial score (nSPS) is 15.2. The summed E-state index contributed by atoms with van der Waals surface area (Å²) in [6, 6.07) is 11.9. The Kier molecular flexibility index (Phi) is 6.18. The molecule has 2 aromatic heterocycles. The van der Waals surface area contributed by atoms with Crippen molar-refractivity contribution >= 4 is 45.1 Å². The molecule has 0 fully saturated rings. The summed E-state index contributed by atoms with van der Waals surface area (Å²) in [5.74, 6) is 1.76. The number of benzene rings is 2. The van der Waals surface area contributed by atoms with Gasteiger partial charge in [0.1, 0.15) is 28.2 Å². The molecule has 3 heterocycles. The molecule has 176 valence electrons. The second-order valence-corrected chi connectivity index (χ2v) is 9.88. The number of methoxy groups -OCH3 is 1. The number of aryl methyl sites for hydroxylation is 2. The first-order chi connectivity index (χ1) is 16.4. The molecule has 4 aromatic rings. The molecular weight excluding hydrogens is 472 g/mol. The maximum atomic E-state index is 12.5. The van der Waals surface area contributed by atoms with Gasteiger partial charge >= 0.3 is 6.09 Å². The van der Waals surface area contributed by atoms with Crippen LogP contribution in [0.5, 0.6) is 5.75 Å². The molecule has 34 heavy (non-hydrogen) atoms. The number of carbonyl (C=O) groups is 1. The van der Waals surface area contributed by atoms with E-state index >= 15 is 0 Å². The number of carbonyl (C=O) groups excluding carboxylic acids is 1. The van der Waals surface area contributed by atoms with Crippen LogP contribution in [0.15, 0.2) is 36.4 Å². The number of nitrogens with one attached hydrogen (secondary N) is 1. The highest BCUT2D eigenvalue weighted by Gasteiger charge is 2.20. The molecule has 2 aromatic carbocycles. The van der Waals surface area contributed by atoms with Gasteiger partial charge in [0.25, 0.3) is 0 Å². The zero-order valence-corrected chi connectivity index (χ0v) is 20.8. The number of ether oxygens (including phenoxy) is 2. The minimum absolute atomic E-state index is 0.162. The lowest BCUT2D eigenvalue weighted by Crippen LogP contribution is -2.15. The molecule has 0 bridgehead atoms. The third-order valence-corrected chi connectivity index (χ3v) is 7.41. The number of rotatable bonds is 5. The van der Waals surface area contributed by atoms with Crippen molar-refractivity contribution in [3.63, 3.8) is 0 Å². The third-order valence-electron chi connectivity index (χ3n) is 6.07. The average Bonchev–Trinajstić information content (AvgIpc) is 3.37. The molecule has 7 nitrogen and oxygen atoms in total. The lowest BCUT2D eigenvalue weighted by Gasteiger charge is -2.22. The molecule has 5 rings (SSSR count). The summed E-state index contributed by atoms with van der Waals surface area (Å²) >= 11 is 7.42. The van der Waals surface area contributed by atoms with Crippen molar-refractivity contribution in [1.29, 1.82) is 0 Å². The zero-order valence-electron chi connectivity index (χ0n) is 19.2. The number of nitrogens with zero attached hydrogens (tertiary/aromatic N) is 3. The smallest absolute Gasteiger partial charge is 0.412 e. The van der Waals surface area contributed by atoms with Gasteiger partial charge in [-0.15, -0.1) is 0 Å². The van der Waals surface area contributed by atoms with Gasteiger partial charge in [0.05, 0.1) is 29.4 Å². The molecule has 1 aliphatic heterocycles. The Hall–Kier alpha value is -3.10. The van der Waals surface area contributed by atoms with Crippen molar-refractivity contribution in [1.82, 2.24) is 14.5 Å². The number of halogens is 1. The molecule has 1 aliphatic rings. The lowest BCUT2D eigenvalue weighted by molar-refractivity contribution is 0.155. The van der Waals surface area contributed by atoms with Crippen molar-refractivity contribution in [2.75, 3.05) is 12.4 Å². The van der Waals surface area contributed by atoms with Crippen molar-refractivity contribution in [2.45, 2.75) is 45.8 Å². The van der Waals surface area contributed by atoms with E-state index in [1.54, 1.807) is 19.2 Å². The molecule has 0 radical (unpaired) electrons. The Labute approximate surface area is 206 Å². The van der Waals surface area contributed by atoms with Gasteiger partial charge < -0.3 is 14.0 Å². The van der Waals surface area contributed by atoms with E-state index in [1.165, 1.54) is 24.2 Å². The van der Waals surface area contributed by atoms with Crippen LogP contribution < -0.4 is 10.1 Å². The number of thiazole rings is 1. The molecule has 1 N–H and O–H groups in total. The quantitative estimate of drug-likeness (QED) is 0.329. The van der Waals surface area contributed by atoms with E-state index < -0.39 is 6.09 Å². The van der Waals surface area contributed by atoms with Crippen LogP contribution >= 0.6 is 22.9 Å². The molecule has 1 amide bonds. The Morgan fingerprint density at radius 3 is 2.94 bits per heavy atom. The van der Waals surface area contributed by atoms with Gasteiger partial charge in [-0.1, -0.05) is 29.0 Å². The summed E-state index contributed by atoms with van der Waals surface area (Å²) in [6.45, 7) is 4.24. The highest BCUT2D eigenvalue weighted by Crippen LogP contribution is 2.38. The van der Waals surface area contributed by atoms with Crippen molar-refractivity contribution in [3.05, 3.63) is 58.5 Å². The third kappa shape index (κ3) is 4.35. The molecular formula is C25H25ClN4O3S. The minimum Gasteiger partial charge on any atom is -0.496 e. The van der Waals surface area contributed by atoms with Crippen LogP contribution in [0.4, 0.5) is 9.80 Å². The fraction of sp³-hybridized carbons (Fsp3) is 0.320. The van der Waals surface area contributed by atoms with Crippen LogP contribution in [0.3, 0.4) is 0 Å². The van der Waals surface area contributed by atoms with E-state index in [0.29, 0.717) is 27.5 Å². The van der Waals surface area contributed by atoms with E-state index in [0.717, 1.165) is 39.4 Å². The number of aromatic nitrogens is 3. The Bertz CT molecular complexity index is 1380. The van der Waals surface area contributed by atoms with Gasteiger partial charge in [-0.2, -0.15) is 0 Å². The predicted octanol–water partition coefficient (Wildman–Crippen LogP) is 6.78. The number of amides is 1. The van der Waals surface area contributed by atoms with E-state index in [4.69, 9.17) is 26.1 Å². The first-order valence-electron chi connectivity index (χ1n) is 11.2. The SMILES string of the molecule is COc1cc(Cl)ccc1-c1nc(C)c(NC(=O)OCc2ccc3c(c2)nc2n3C(C)CCC2)s1. The first-order valence-corrected chi connectivity index (χ1v) is 12.4. The minimum atomic E-state index is -0.528. The molecule has 0 aliphatic carbocycles. The average molecular weight is 497 g/mol. The van der Waals surface area contributed by atoms with Crippen LogP contribution in [0.1, 0.15) is 42.9 Å². The fourth-order valence-electron chi connectivity index (χ4n) is 4.38. The topological polar surface area (TPSA) is 78.3 Å². The molecule has 0 saturated heterocycles. The molecule has 1 atom stereocenters.